The lowest BCUT2D eigenvalue weighted by Crippen LogP contribution is -2.50. The Morgan fingerprint density at radius 3 is 2.11 bits per heavy atom. The molecule has 1 fully saturated rings. The van der Waals surface area contributed by atoms with Crippen LogP contribution in [0.2, 0.25) is 0 Å². The van der Waals surface area contributed by atoms with Gasteiger partial charge in [-0.25, -0.2) is 9.69 Å². The fraction of sp³-hybridized carbons (Fsp3) is 0.289. The Balaban J connectivity index is 1.27. The van der Waals surface area contributed by atoms with Crippen LogP contribution in [0.25, 0.3) is 0 Å². The standard InChI is InChI=1S/C38H40N4O5/c1-45-38(44)42(37(43)36(40)35(29-11-4-2-5-12-29)30-13-6-3-7-14-30)34-15-9-8-10-28(34)18-21-32-25-41-26-33(47-32)22-23-46-31-19-16-27(24-39)17-20-31/h2-17,19-20,32-33,35-36,41H,18,21-23,25-26,40H2,1H3/t32-,33-,36+/m1/s1. The highest BCUT2D eigenvalue weighted by Crippen LogP contribution is 2.31. The van der Waals surface area contributed by atoms with Crippen LogP contribution in [0.1, 0.15) is 41.0 Å². The third-order valence-corrected chi connectivity index (χ3v) is 8.33. The van der Waals surface area contributed by atoms with Crippen molar-refractivity contribution < 1.29 is 23.8 Å². The minimum atomic E-state index is -1.06. The van der Waals surface area contributed by atoms with Crippen molar-refractivity contribution in [2.75, 3.05) is 31.7 Å². The van der Waals surface area contributed by atoms with Crippen LogP contribution < -0.4 is 20.7 Å². The third kappa shape index (κ3) is 8.63. The second-order valence-corrected chi connectivity index (χ2v) is 11.4. The Labute approximate surface area is 275 Å². The molecule has 0 spiro atoms. The highest BCUT2D eigenvalue weighted by atomic mass is 16.5. The fourth-order valence-corrected chi connectivity index (χ4v) is 5.92. The van der Waals surface area contributed by atoms with E-state index in [1.54, 1.807) is 36.4 Å². The van der Waals surface area contributed by atoms with Crippen molar-refractivity contribution in [3.63, 3.8) is 0 Å². The number of hydrogen-bond acceptors (Lipinski definition) is 8. The predicted octanol–water partition coefficient (Wildman–Crippen LogP) is 5.58. The summed E-state index contributed by atoms with van der Waals surface area (Å²) in [5, 5.41) is 12.4. The van der Waals surface area contributed by atoms with Gasteiger partial charge in [0.05, 0.1) is 49.3 Å². The summed E-state index contributed by atoms with van der Waals surface area (Å²) in [6.45, 7) is 1.89. The molecule has 1 aliphatic heterocycles. The third-order valence-electron chi connectivity index (χ3n) is 8.33. The average Bonchev–Trinajstić information content (AvgIpc) is 3.12. The van der Waals surface area contributed by atoms with Crippen LogP contribution in [-0.2, 0) is 20.7 Å². The topological polar surface area (TPSA) is 127 Å². The molecule has 4 aromatic carbocycles. The number of amides is 2. The lowest BCUT2D eigenvalue weighted by Gasteiger charge is -2.32. The first-order valence-electron chi connectivity index (χ1n) is 15.8. The normalized spacial score (nSPS) is 16.6. The van der Waals surface area contributed by atoms with E-state index in [2.05, 4.69) is 11.4 Å². The molecule has 9 heteroatoms. The number of benzene rings is 4. The number of nitrogens with zero attached hydrogens (tertiary/aromatic N) is 2. The number of anilines is 1. The van der Waals surface area contributed by atoms with Gasteiger partial charge in [0, 0.05) is 25.4 Å². The summed E-state index contributed by atoms with van der Waals surface area (Å²) in [6, 6.07) is 34.6. The van der Waals surface area contributed by atoms with Crippen LogP contribution >= 0.6 is 0 Å². The number of hydrogen-bond donors (Lipinski definition) is 2. The first-order chi connectivity index (χ1) is 23.0. The maximum atomic E-state index is 14.2. The molecule has 0 saturated carbocycles. The molecule has 1 aliphatic rings. The van der Waals surface area contributed by atoms with Crippen LogP contribution in [0.4, 0.5) is 10.5 Å². The molecule has 2 amide bonds. The largest absolute Gasteiger partial charge is 0.493 e. The number of aryl methyl sites for hydroxylation is 1. The highest BCUT2D eigenvalue weighted by Gasteiger charge is 2.36. The number of nitrogens with one attached hydrogen (secondary N) is 1. The summed E-state index contributed by atoms with van der Waals surface area (Å²) >= 11 is 0. The number of ether oxygens (including phenoxy) is 3. The quantitative estimate of drug-likeness (QED) is 0.207. The second-order valence-electron chi connectivity index (χ2n) is 11.4. The van der Waals surface area contributed by atoms with Crippen molar-refractivity contribution in [1.82, 2.24) is 5.32 Å². The zero-order chi connectivity index (χ0) is 33.0. The number of imide groups is 1. The van der Waals surface area contributed by atoms with Crippen LogP contribution in [-0.4, -0.2) is 57.1 Å². The Kier molecular flexibility index (Phi) is 11.7. The van der Waals surface area contributed by atoms with Gasteiger partial charge in [-0.1, -0.05) is 78.9 Å². The van der Waals surface area contributed by atoms with E-state index in [0.717, 1.165) is 28.1 Å². The molecule has 4 aromatic rings. The van der Waals surface area contributed by atoms with Gasteiger partial charge in [-0.3, -0.25) is 4.79 Å². The van der Waals surface area contributed by atoms with E-state index in [4.69, 9.17) is 25.2 Å². The average molecular weight is 633 g/mol. The summed E-state index contributed by atoms with van der Waals surface area (Å²) in [5.74, 6) is -0.326. The lowest BCUT2D eigenvalue weighted by atomic mass is 9.84. The summed E-state index contributed by atoms with van der Waals surface area (Å²) in [7, 11) is 1.26. The van der Waals surface area contributed by atoms with Crippen LogP contribution in [0, 0.1) is 11.3 Å². The second kappa shape index (κ2) is 16.5. The molecule has 0 aromatic heterocycles. The molecule has 9 nitrogen and oxygen atoms in total. The number of para-hydroxylation sites is 1. The van der Waals surface area contributed by atoms with Crippen molar-refractivity contribution in [2.45, 2.75) is 43.4 Å². The minimum absolute atomic E-state index is 0.0265. The molecule has 5 rings (SSSR count). The van der Waals surface area contributed by atoms with Crippen molar-refractivity contribution in [3.05, 3.63) is 131 Å². The van der Waals surface area contributed by atoms with Gasteiger partial charge in [0.15, 0.2) is 0 Å². The molecule has 0 bridgehead atoms. The van der Waals surface area contributed by atoms with Gasteiger partial charge >= 0.3 is 6.09 Å². The monoisotopic (exact) mass is 632 g/mol. The van der Waals surface area contributed by atoms with Crippen LogP contribution in [0.3, 0.4) is 0 Å². The maximum Gasteiger partial charge on any atom is 0.420 e. The van der Waals surface area contributed by atoms with Crippen molar-refractivity contribution >= 4 is 17.7 Å². The molecule has 0 aliphatic carbocycles. The fourth-order valence-electron chi connectivity index (χ4n) is 5.92. The van der Waals surface area contributed by atoms with E-state index >= 15 is 0 Å². The van der Waals surface area contributed by atoms with Gasteiger partial charge in [0.2, 0.25) is 0 Å². The summed E-state index contributed by atoms with van der Waals surface area (Å²) in [4.78, 5) is 28.5. The van der Waals surface area contributed by atoms with Gasteiger partial charge in [0.25, 0.3) is 5.91 Å². The number of nitriles is 1. The lowest BCUT2D eigenvalue weighted by molar-refractivity contribution is -0.119. The number of nitrogens with two attached hydrogens (primary N) is 1. The van der Waals surface area contributed by atoms with E-state index in [1.807, 2.05) is 72.8 Å². The first-order valence-corrected chi connectivity index (χ1v) is 15.8. The van der Waals surface area contributed by atoms with Gasteiger partial charge in [-0.15, -0.1) is 0 Å². The van der Waals surface area contributed by atoms with Crippen molar-refractivity contribution in [2.24, 2.45) is 5.73 Å². The van der Waals surface area contributed by atoms with E-state index in [1.165, 1.54) is 7.11 Å². The van der Waals surface area contributed by atoms with Gasteiger partial charge < -0.3 is 25.3 Å². The van der Waals surface area contributed by atoms with Crippen LogP contribution in [0.5, 0.6) is 5.75 Å². The Bertz CT molecular complexity index is 1600. The number of carbonyl (C=O) groups excluding carboxylic acids is 2. The number of carbonyl (C=O) groups is 2. The molecule has 47 heavy (non-hydrogen) atoms. The molecule has 3 atom stereocenters. The highest BCUT2D eigenvalue weighted by molar-refractivity contribution is 6.15. The van der Waals surface area contributed by atoms with Crippen molar-refractivity contribution in [1.29, 1.82) is 5.26 Å². The SMILES string of the molecule is COC(=O)N(C(=O)[C@@H](N)C(c1ccccc1)c1ccccc1)c1ccccc1CC[C@@H]1CNC[C@@H](CCOc2ccc(C#N)cc2)O1. The van der Waals surface area contributed by atoms with Gasteiger partial charge in [-0.2, -0.15) is 5.26 Å². The number of morpholine rings is 1. The summed E-state index contributed by atoms with van der Waals surface area (Å²) < 4.78 is 17.4. The molecule has 1 heterocycles. The number of rotatable bonds is 12. The molecule has 3 N–H and O–H groups in total. The van der Waals surface area contributed by atoms with Gasteiger partial charge in [0.1, 0.15) is 5.75 Å². The molecular weight excluding hydrogens is 592 g/mol. The Hall–Kier alpha value is -5.01. The van der Waals surface area contributed by atoms with E-state index < -0.39 is 24.0 Å². The zero-order valence-corrected chi connectivity index (χ0v) is 26.5. The summed E-state index contributed by atoms with van der Waals surface area (Å²) in [5.41, 5.74) is 10.3. The molecule has 0 unspecified atom stereocenters. The van der Waals surface area contributed by atoms with Crippen molar-refractivity contribution in [3.8, 4) is 11.8 Å². The number of methoxy groups -OCH3 is 1. The van der Waals surface area contributed by atoms with E-state index in [-0.39, 0.29) is 12.2 Å². The molecule has 0 radical (unpaired) electrons. The maximum absolute atomic E-state index is 14.2. The Morgan fingerprint density at radius 2 is 1.49 bits per heavy atom. The van der Waals surface area contributed by atoms with Crippen LogP contribution in [0.15, 0.2) is 109 Å². The molecular formula is C38H40N4O5. The first kappa shape index (κ1) is 33.4. The van der Waals surface area contributed by atoms with Gasteiger partial charge in [-0.05, 0) is 59.9 Å². The molecule has 242 valence electrons. The minimum Gasteiger partial charge on any atom is -0.493 e. The Morgan fingerprint density at radius 1 is 0.894 bits per heavy atom. The predicted molar refractivity (Wildman–Crippen MR) is 180 cm³/mol. The molecule has 1 saturated heterocycles. The summed E-state index contributed by atoms with van der Waals surface area (Å²) in [6.07, 6.45) is 1.04. The van der Waals surface area contributed by atoms with E-state index in [9.17, 15) is 9.59 Å². The smallest absolute Gasteiger partial charge is 0.420 e. The van der Waals surface area contributed by atoms with E-state index in [0.29, 0.717) is 49.4 Å². The zero-order valence-electron chi connectivity index (χ0n) is 26.5.